The van der Waals surface area contributed by atoms with Gasteiger partial charge in [0.15, 0.2) is 0 Å². The van der Waals surface area contributed by atoms with Gasteiger partial charge in [0.25, 0.3) is 0 Å². The van der Waals surface area contributed by atoms with Gasteiger partial charge in [-0.05, 0) is 38.3 Å². The molecular weight excluding hydrogens is 320 g/mol. The molecule has 3 rings (SSSR count). The molecule has 1 aromatic heterocycles. The van der Waals surface area contributed by atoms with Gasteiger partial charge in [-0.2, -0.15) is 11.8 Å². The molecule has 1 aromatic carbocycles. The van der Waals surface area contributed by atoms with Gasteiger partial charge in [0.05, 0.1) is 6.54 Å². The van der Waals surface area contributed by atoms with Crippen LogP contribution in [0.1, 0.15) is 13.3 Å². The van der Waals surface area contributed by atoms with Crippen LogP contribution in [-0.4, -0.2) is 51.5 Å². The van der Waals surface area contributed by atoms with Crippen molar-refractivity contribution in [3.05, 3.63) is 36.7 Å². The van der Waals surface area contributed by atoms with E-state index in [9.17, 15) is 4.79 Å². The van der Waals surface area contributed by atoms with Crippen molar-refractivity contribution < 1.29 is 4.79 Å². The van der Waals surface area contributed by atoms with Crippen LogP contribution in [0.4, 0.5) is 5.69 Å². The van der Waals surface area contributed by atoms with E-state index in [1.54, 1.807) is 6.20 Å². The van der Waals surface area contributed by atoms with Crippen LogP contribution in [-0.2, 0) is 11.3 Å². The number of nitrogens with one attached hydrogen (secondary N) is 1. The number of imidazole rings is 1. The molecule has 1 atom stereocenters. The molecule has 128 valence electrons. The first kappa shape index (κ1) is 17.0. The van der Waals surface area contributed by atoms with Crippen LogP contribution in [0.2, 0.25) is 0 Å². The fourth-order valence-corrected chi connectivity index (χ4v) is 4.29. The highest BCUT2D eigenvalue weighted by Gasteiger charge is 2.21. The molecule has 2 heterocycles. The van der Waals surface area contributed by atoms with Crippen molar-refractivity contribution in [3.63, 3.8) is 0 Å². The zero-order chi connectivity index (χ0) is 16.9. The lowest BCUT2D eigenvalue weighted by molar-refractivity contribution is -0.117. The van der Waals surface area contributed by atoms with Gasteiger partial charge < -0.3 is 9.88 Å². The van der Waals surface area contributed by atoms with Crippen LogP contribution in [0.15, 0.2) is 36.7 Å². The summed E-state index contributed by atoms with van der Waals surface area (Å²) in [4.78, 5) is 18.9. The Kier molecular flexibility index (Phi) is 5.58. The summed E-state index contributed by atoms with van der Waals surface area (Å²) in [5, 5.41) is 3.01. The van der Waals surface area contributed by atoms with Gasteiger partial charge in [-0.1, -0.05) is 12.1 Å². The van der Waals surface area contributed by atoms with Gasteiger partial charge in [0.1, 0.15) is 5.82 Å². The molecule has 1 aliphatic rings. The SMILES string of the molecule is CCn1ccnc1-c1cccc(NC(=O)CN(C)[C@@H]2CCSC2)c1. The highest BCUT2D eigenvalue weighted by molar-refractivity contribution is 7.99. The first-order valence-corrected chi connectivity index (χ1v) is 9.52. The number of hydrogen-bond acceptors (Lipinski definition) is 4. The molecule has 1 aliphatic heterocycles. The van der Waals surface area contributed by atoms with Crippen molar-refractivity contribution in [2.75, 3.05) is 30.4 Å². The third kappa shape index (κ3) is 3.99. The highest BCUT2D eigenvalue weighted by Crippen LogP contribution is 2.22. The zero-order valence-corrected chi connectivity index (χ0v) is 15.1. The maximum Gasteiger partial charge on any atom is 0.238 e. The zero-order valence-electron chi connectivity index (χ0n) is 14.2. The summed E-state index contributed by atoms with van der Waals surface area (Å²) < 4.78 is 2.09. The van der Waals surface area contributed by atoms with Gasteiger partial charge in [-0.25, -0.2) is 4.98 Å². The predicted molar refractivity (Wildman–Crippen MR) is 100 cm³/mol. The molecule has 0 aliphatic carbocycles. The Morgan fingerprint density at radius 3 is 3.12 bits per heavy atom. The Morgan fingerprint density at radius 1 is 1.50 bits per heavy atom. The Bertz CT molecular complexity index is 694. The highest BCUT2D eigenvalue weighted by atomic mass is 32.2. The number of carbonyl (C=O) groups excluding carboxylic acids is 1. The molecule has 0 saturated carbocycles. The predicted octanol–water partition coefficient (Wildman–Crippen LogP) is 2.95. The van der Waals surface area contributed by atoms with Crippen molar-refractivity contribution in [1.82, 2.24) is 14.5 Å². The minimum Gasteiger partial charge on any atom is -0.331 e. The number of anilines is 1. The Balaban J connectivity index is 1.65. The lowest BCUT2D eigenvalue weighted by Crippen LogP contribution is -2.37. The number of rotatable bonds is 6. The van der Waals surface area contributed by atoms with E-state index in [0.29, 0.717) is 12.6 Å². The van der Waals surface area contributed by atoms with Crippen LogP contribution in [0.25, 0.3) is 11.4 Å². The normalized spacial score (nSPS) is 17.4. The van der Waals surface area contributed by atoms with Crippen molar-refractivity contribution >= 4 is 23.4 Å². The second kappa shape index (κ2) is 7.85. The van der Waals surface area contributed by atoms with Gasteiger partial charge in [0, 0.05) is 42.0 Å². The number of benzene rings is 1. The molecule has 0 radical (unpaired) electrons. The minimum absolute atomic E-state index is 0.0328. The molecule has 0 spiro atoms. The molecule has 6 heteroatoms. The molecular formula is C18H24N4OS. The Hall–Kier alpha value is -1.79. The van der Waals surface area contributed by atoms with Gasteiger partial charge in [-0.3, -0.25) is 9.69 Å². The van der Waals surface area contributed by atoms with E-state index in [2.05, 4.69) is 26.7 Å². The Labute approximate surface area is 147 Å². The van der Waals surface area contributed by atoms with Crippen molar-refractivity contribution in [1.29, 1.82) is 0 Å². The van der Waals surface area contributed by atoms with Crippen LogP contribution < -0.4 is 5.32 Å². The van der Waals surface area contributed by atoms with E-state index in [1.807, 2.05) is 49.3 Å². The smallest absolute Gasteiger partial charge is 0.238 e. The summed E-state index contributed by atoms with van der Waals surface area (Å²) in [6.45, 7) is 3.39. The summed E-state index contributed by atoms with van der Waals surface area (Å²) in [6, 6.07) is 8.40. The first-order chi connectivity index (χ1) is 11.7. The van der Waals surface area contributed by atoms with E-state index in [4.69, 9.17) is 0 Å². The van der Waals surface area contributed by atoms with Crippen molar-refractivity contribution in [2.45, 2.75) is 25.9 Å². The number of amides is 1. The van der Waals surface area contributed by atoms with Gasteiger partial charge in [0.2, 0.25) is 5.91 Å². The summed E-state index contributed by atoms with van der Waals surface area (Å²) >= 11 is 1.96. The largest absolute Gasteiger partial charge is 0.331 e. The average Bonchev–Trinajstić information content (AvgIpc) is 3.26. The van der Waals surface area contributed by atoms with Gasteiger partial charge >= 0.3 is 0 Å². The number of carbonyl (C=O) groups is 1. The molecule has 1 fully saturated rings. The second-order valence-corrected chi connectivity index (χ2v) is 7.25. The minimum atomic E-state index is 0.0328. The molecule has 5 nitrogen and oxygen atoms in total. The fraction of sp³-hybridized carbons (Fsp3) is 0.444. The van der Waals surface area contributed by atoms with E-state index < -0.39 is 0 Å². The van der Waals surface area contributed by atoms with Crippen LogP contribution in [0.5, 0.6) is 0 Å². The lowest BCUT2D eigenvalue weighted by Gasteiger charge is -2.22. The average molecular weight is 344 g/mol. The van der Waals surface area contributed by atoms with Crippen LogP contribution in [0, 0.1) is 0 Å². The third-order valence-electron chi connectivity index (χ3n) is 4.38. The monoisotopic (exact) mass is 344 g/mol. The number of likely N-dealkylation sites (N-methyl/N-ethyl adjacent to an activating group) is 1. The maximum atomic E-state index is 12.3. The lowest BCUT2D eigenvalue weighted by atomic mass is 10.2. The fourth-order valence-electron chi connectivity index (χ4n) is 2.99. The molecule has 2 aromatic rings. The van der Waals surface area contributed by atoms with E-state index >= 15 is 0 Å². The number of aryl methyl sites for hydroxylation is 1. The maximum absolute atomic E-state index is 12.3. The van der Waals surface area contributed by atoms with Crippen LogP contribution >= 0.6 is 11.8 Å². The van der Waals surface area contributed by atoms with Crippen molar-refractivity contribution in [3.8, 4) is 11.4 Å². The molecule has 0 bridgehead atoms. The topological polar surface area (TPSA) is 50.2 Å². The first-order valence-electron chi connectivity index (χ1n) is 8.36. The summed E-state index contributed by atoms with van der Waals surface area (Å²) in [5.41, 5.74) is 1.83. The molecule has 0 unspecified atom stereocenters. The van der Waals surface area contributed by atoms with Crippen LogP contribution in [0.3, 0.4) is 0 Å². The summed E-state index contributed by atoms with van der Waals surface area (Å²) in [7, 11) is 2.03. The quantitative estimate of drug-likeness (QED) is 0.875. The number of nitrogens with zero attached hydrogens (tertiary/aromatic N) is 3. The summed E-state index contributed by atoms with van der Waals surface area (Å²) in [5.74, 6) is 3.28. The van der Waals surface area contributed by atoms with Gasteiger partial charge in [-0.15, -0.1) is 0 Å². The summed E-state index contributed by atoms with van der Waals surface area (Å²) in [6.07, 6.45) is 4.94. The number of hydrogen-bond donors (Lipinski definition) is 1. The van der Waals surface area contributed by atoms with E-state index in [0.717, 1.165) is 29.4 Å². The molecule has 1 saturated heterocycles. The van der Waals surface area contributed by atoms with Crippen molar-refractivity contribution in [2.24, 2.45) is 0 Å². The van der Waals surface area contributed by atoms with E-state index in [1.165, 1.54) is 12.2 Å². The number of aromatic nitrogens is 2. The van der Waals surface area contributed by atoms with E-state index in [-0.39, 0.29) is 5.91 Å². The molecule has 24 heavy (non-hydrogen) atoms. The Morgan fingerprint density at radius 2 is 2.38 bits per heavy atom. The third-order valence-corrected chi connectivity index (χ3v) is 5.53. The number of thioether (sulfide) groups is 1. The standard InChI is InChI=1S/C18H24N4OS/c1-3-22-9-8-19-18(22)14-5-4-6-15(11-14)20-17(23)12-21(2)16-7-10-24-13-16/h4-6,8-9,11,16H,3,7,10,12-13H2,1-2H3,(H,20,23)/t16-/m1/s1. The molecule has 1 N–H and O–H groups in total. The second-order valence-electron chi connectivity index (χ2n) is 6.10. The molecule has 1 amide bonds.